The van der Waals surface area contributed by atoms with E-state index in [1.807, 2.05) is 6.92 Å². The van der Waals surface area contributed by atoms with Gasteiger partial charge in [0.2, 0.25) is 0 Å². The second-order valence-corrected chi connectivity index (χ2v) is 3.60. The van der Waals surface area contributed by atoms with E-state index in [1.165, 1.54) is 0 Å². The smallest absolute Gasteiger partial charge is 0.103 e. The first kappa shape index (κ1) is 14.8. The predicted molar refractivity (Wildman–Crippen MR) is 55.5 cm³/mol. The third kappa shape index (κ3) is 6.81. The molecular weight excluding hydrogens is 200 g/mol. The lowest BCUT2D eigenvalue weighted by molar-refractivity contribution is -0.0904. The van der Waals surface area contributed by atoms with Crippen molar-refractivity contribution in [1.29, 1.82) is 0 Å². The Morgan fingerprint density at radius 2 is 1.80 bits per heavy atom. The lowest BCUT2D eigenvalue weighted by Crippen LogP contribution is -2.35. The van der Waals surface area contributed by atoms with Gasteiger partial charge in [-0.05, 0) is 6.42 Å². The Morgan fingerprint density at radius 1 is 1.13 bits per heavy atom. The second-order valence-electron chi connectivity index (χ2n) is 3.60. The lowest BCUT2D eigenvalue weighted by atomic mass is 10.1. The molecule has 0 rings (SSSR count). The molecule has 3 unspecified atom stereocenters. The largest absolute Gasteiger partial charge is 0.394 e. The van der Waals surface area contributed by atoms with Gasteiger partial charge in [-0.1, -0.05) is 19.8 Å². The monoisotopic (exact) mass is 222 g/mol. The van der Waals surface area contributed by atoms with Gasteiger partial charge in [0.1, 0.15) is 12.2 Å². The van der Waals surface area contributed by atoms with Crippen LogP contribution < -0.4 is 0 Å². The maximum atomic E-state index is 9.41. The van der Waals surface area contributed by atoms with Crippen LogP contribution >= 0.6 is 0 Å². The van der Waals surface area contributed by atoms with Gasteiger partial charge in [0.15, 0.2) is 0 Å². The van der Waals surface area contributed by atoms with Crippen LogP contribution in [0.5, 0.6) is 0 Å². The van der Waals surface area contributed by atoms with Gasteiger partial charge in [-0.2, -0.15) is 0 Å². The van der Waals surface area contributed by atoms with Gasteiger partial charge in [0.25, 0.3) is 0 Å². The molecule has 0 aromatic heterocycles. The molecule has 0 aromatic carbocycles. The molecular formula is C10H22O5. The Morgan fingerprint density at radius 3 is 2.27 bits per heavy atom. The van der Waals surface area contributed by atoms with E-state index in [9.17, 15) is 5.11 Å². The van der Waals surface area contributed by atoms with Gasteiger partial charge in [0, 0.05) is 0 Å². The SMILES string of the molecule is CCCCC(OCC(O)CO)C(O)CO. The highest BCUT2D eigenvalue weighted by Gasteiger charge is 2.19. The minimum atomic E-state index is -0.931. The molecule has 92 valence electrons. The topological polar surface area (TPSA) is 90.2 Å². The van der Waals surface area contributed by atoms with Crippen LogP contribution in [0.3, 0.4) is 0 Å². The summed E-state index contributed by atoms with van der Waals surface area (Å²) in [5, 5.41) is 35.8. The first-order valence-electron chi connectivity index (χ1n) is 5.35. The van der Waals surface area contributed by atoms with Crippen LogP contribution in [0.4, 0.5) is 0 Å². The highest BCUT2D eigenvalue weighted by molar-refractivity contribution is 4.69. The predicted octanol–water partition coefficient (Wildman–Crippen LogP) is -0.732. The Labute approximate surface area is 90.3 Å². The van der Waals surface area contributed by atoms with Gasteiger partial charge in [-0.3, -0.25) is 0 Å². The maximum absolute atomic E-state index is 9.41. The summed E-state index contributed by atoms with van der Waals surface area (Å²) in [5.74, 6) is 0. The zero-order valence-electron chi connectivity index (χ0n) is 9.17. The molecule has 0 bridgehead atoms. The van der Waals surface area contributed by atoms with Crippen LogP contribution in [0.2, 0.25) is 0 Å². The summed E-state index contributed by atoms with van der Waals surface area (Å²) in [5.41, 5.74) is 0. The van der Waals surface area contributed by atoms with E-state index in [1.54, 1.807) is 0 Å². The molecule has 0 amide bonds. The van der Waals surface area contributed by atoms with Crippen molar-refractivity contribution in [2.75, 3.05) is 19.8 Å². The van der Waals surface area contributed by atoms with Crippen molar-refractivity contribution in [2.45, 2.75) is 44.5 Å². The standard InChI is InChI=1S/C10H22O5/c1-2-3-4-10(9(14)6-12)15-7-8(13)5-11/h8-14H,2-7H2,1H3. The molecule has 0 saturated carbocycles. The normalized spacial score (nSPS) is 17.4. The summed E-state index contributed by atoms with van der Waals surface area (Å²) >= 11 is 0. The highest BCUT2D eigenvalue weighted by Crippen LogP contribution is 2.09. The average molecular weight is 222 g/mol. The van der Waals surface area contributed by atoms with Crippen molar-refractivity contribution in [2.24, 2.45) is 0 Å². The van der Waals surface area contributed by atoms with E-state index >= 15 is 0 Å². The van der Waals surface area contributed by atoms with Gasteiger partial charge < -0.3 is 25.2 Å². The van der Waals surface area contributed by atoms with Crippen molar-refractivity contribution in [3.05, 3.63) is 0 Å². The van der Waals surface area contributed by atoms with Crippen LogP contribution in [-0.4, -0.2) is 58.6 Å². The van der Waals surface area contributed by atoms with Crippen molar-refractivity contribution in [3.8, 4) is 0 Å². The summed E-state index contributed by atoms with van der Waals surface area (Å²) in [7, 11) is 0. The van der Waals surface area contributed by atoms with E-state index in [0.717, 1.165) is 12.8 Å². The maximum Gasteiger partial charge on any atom is 0.103 e. The van der Waals surface area contributed by atoms with Gasteiger partial charge in [-0.25, -0.2) is 0 Å². The molecule has 15 heavy (non-hydrogen) atoms. The number of hydrogen-bond donors (Lipinski definition) is 4. The van der Waals surface area contributed by atoms with Crippen LogP contribution in [0.25, 0.3) is 0 Å². The number of ether oxygens (including phenoxy) is 1. The number of aliphatic hydroxyl groups excluding tert-OH is 4. The zero-order chi connectivity index (χ0) is 11.7. The van der Waals surface area contributed by atoms with Gasteiger partial charge in [-0.15, -0.1) is 0 Å². The van der Waals surface area contributed by atoms with E-state index in [2.05, 4.69) is 0 Å². The number of unbranched alkanes of at least 4 members (excludes halogenated alkanes) is 1. The Hall–Kier alpha value is -0.200. The summed E-state index contributed by atoms with van der Waals surface area (Å²) < 4.78 is 5.23. The molecule has 0 spiro atoms. The Balaban J connectivity index is 3.89. The molecule has 5 nitrogen and oxygen atoms in total. The molecule has 0 aliphatic heterocycles. The van der Waals surface area contributed by atoms with Gasteiger partial charge >= 0.3 is 0 Å². The Bertz CT molecular complexity index is 142. The van der Waals surface area contributed by atoms with Crippen molar-refractivity contribution < 1.29 is 25.2 Å². The molecule has 0 aliphatic rings. The van der Waals surface area contributed by atoms with Crippen LogP contribution in [0.1, 0.15) is 26.2 Å². The van der Waals surface area contributed by atoms with Gasteiger partial charge in [0.05, 0.1) is 25.9 Å². The molecule has 0 fully saturated rings. The second kappa shape index (κ2) is 9.06. The Kier molecular flexibility index (Phi) is 8.94. The minimum absolute atomic E-state index is 0.0259. The van der Waals surface area contributed by atoms with E-state index in [-0.39, 0.29) is 19.8 Å². The molecule has 0 aliphatic carbocycles. The number of aliphatic hydroxyl groups is 4. The van der Waals surface area contributed by atoms with Crippen LogP contribution in [-0.2, 0) is 4.74 Å². The number of hydrogen-bond acceptors (Lipinski definition) is 5. The summed E-state index contributed by atoms with van der Waals surface area (Å²) in [6.07, 6.45) is 0.159. The molecule has 0 heterocycles. The fourth-order valence-electron chi connectivity index (χ4n) is 1.20. The van der Waals surface area contributed by atoms with Crippen molar-refractivity contribution >= 4 is 0 Å². The molecule has 0 aromatic rings. The zero-order valence-corrected chi connectivity index (χ0v) is 9.17. The lowest BCUT2D eigenvalue weighted by Gasteiger charge is -2.22. The summed E-state index contributed by atoms with van der Waals surface area (Å²) in [6.45, 7) is 1.27. The third-order valence-electron chi connectivity index (χ3n) is 2.17. The fourth-order valence-corrected chi connectivity index (χ4v) is 1.20. The first-order chi connectivity index (χ1) is 7.15. The molecule has 4 N–H and O–H groups in total. The van der Waals surface area contributed by atoms with Crippen LogP contribution in [0.15, 0.2) is 0 Å². The van der Waals surface area contributed by atoms with Crippen molar-refractivity contribution in [1.82, 2.24) is 0 Å². The number of rotatable bonds is 9. The average Bonchev–Trinajstić information content (AvgIpc) is 2.27. The quantitative estimate of drug-likeness (QED) is 0.413. The molecule has 3 atom stereocenters. The molecule has 0 saturated heterocycles. The van der Waals surface area contributed by atoms with E-state index < -0.39 is 18.3 Å². The summed E-state index contributed by atoms with van der Waals surface area (Å²) in [6, 6.07) is 0. The van der Waals surface area contributed by atoms with Crippen LogP contribution in [0, 0.1) is 0 Å². The van der Waals surface area contributed by atoms with Crippen molar-refractivity contribution in [3.63, 3.8) is 0 Å². The molecule has 0 radical (unpaired) electrons. The van der Waals surface area contributed by atoms with E-state index in [0.29, 0.717) is 6.42 Å². The first-order valence-corrected chi connectivity index (χ1v) is 5.35. The fraction of sp³-hybridized carbons (Fsp3) is 1.00. The molecule has 5 heteroatoms. The highest BCUT2D eigenvalue weighted by atomic mass is 16.5. The third-order valence-corrected chi connectivity index (χ3v) is 2.17. The summed E-state index contributed by atoms with van der Waals surface area (Å²) in [4.78, 5) is 0. The van der Waals surface area contributed by atoms with E-state index in [4.69, 9.17) is 20.1 Å². The minimum Gasteiger partial charge on any atom is -0.394 e.